The summed E-state index contributed by atoms with van der Waals surface area (Å²) in [7, 11) is 0. The number of anilines is 1. The summed E-state index contributed by atoms with van der Waals surface area (Å²) >= 11 is 6.20. The zero-order valence-corrected chi connectivity index (χ0v) is 21.2. The molecule has 0 radical (unpaired) electrons. The summed E-state index contributed by atoms with van der Waals surface area (Å²) in [5.74, 6) is 0.684. The molecule has 8 nitrogen and oxygen atoms in total. The van der Waals surface area contributed by atoms with E-state index in [0.717, 1.165) is 5.56 Å². The van der Waals surface area contributed by atoms with E-state index in [4.69, 9.17) is 31.5 Å². The van der Waals surface area contributed by atoms with Crippen molar-refractivity contribution in [1.29, 1.82) is 0 Å². The molecule has 9 heteroatoms. The Bertz CT molecular complexity index is 1210. The van der Waals surface area contributed by atoms with Crippen LogP contribution in [-0.2, 0) is 20.7 Å². The van der Waals surface area contributed by atoms with Gasteiger partial charge < -0.3 is 30.2 Å². The van der Waals surface area contributed by atoms with E-state index < -0.39 is 11.9 Å². The monoisotopic (exact) mass is 523 g/mol. The number of aryl methyl sites for hydroxylation is 1. The first-order valence-corrected chi connectivity index (χ1v) is 12.5. The van der Waals surface area contributed by atoms with Crippen LogP contribution in [0.4, 0.5) is 5.69 Å². The number of rotatable bonds is 4. The minimum Gasteiger partial charge on any atom is -0.487 e. The van der Waals surface area contributed by atoms with Crippen LogP contribution in [0.15, 0.2) is 72.8 Å². The van der Waals surface area contributed by atoms with E-state index in [9.17, 15) is 9.59 Å². The molecule has 2 amide bonds. The van der Waals surface area contributed by atoms with Gasteiger partial charge in [-0.2, -0.15) is 0 Å². The molecular formula is C28H30ClN3O5. The lowest BCUT2D eigenvalue weighted by atomic mass is 10.0. The molecule has 0 fully saturated rings. The molecule has 3 N–H and O–H groups in total. The Kier molecular flexibility index (Phi) is 9.37. The average molecular weight is 524 g/mol. The number of hydrogen-bond acceptors (Lipinski definition) is 6. The number of carbonyl (C=O) groups excluding carboxylic acids is 2. The molecule has 1 aliphatic rings. The number of fused-ring (bicyclic) bond motifs is 2. The van der Waals surface area contributed by atoms with Crippen molar-refractivity contribution in [2.24, 2.45) is 5.73 Å². The Morgan fingerprint density at radius 3 is 2.54 bits per heavy atom. The third-order valence-corrected chi connectivity index (χ3v) is 6.06. The lowest BCUT2D eigenvalue weighted by Gasteiger charge is -2.25. The summed E-state index contributed by atoms with van der Waals surface area (Å²) in [6, 6.07) is 21.2. The SMILES string of the molecule is N[C@@H](CCc1ccccc1)C(=O)N1CCOCCOc2ccccc2Oc2ccc(Cl)cc2NC(=O)C1. The van der Waals surface area contributed by atoms with Gasteiger partial charge in [0.05, 0.1) is 31.5 Å². The highest BCUT2D eigenvalue weighted by Crippen LogP contribution is 2.36. The summed E-state index contributed by atoms with van der Waals surface area (Å²) in [6.07, 6.45) is 1.12. The van der Waals surface area contributed by atoms with Gasteiger partial charge in [0, 0.05) is 11.6 Å². The van der Waals surface area contributed by atoms with E-state index >= 15 is 0 Å². The number of ether oxygens (including phenoxy) is 3. The maximum absolute atomic E-state index is 13.2. The molecule has 0 aliphatic carbocycles. The molecule has 0 unspecified atom stereocenters. The molecule has 0 spiro atoms. The summed E-state index contributed by atoms with van der Waals surface area (Å²) in [5, 5.41) is 3.24. The largest absolute Gasteiger partial charge is 0.487 e. The van der Waals surface area contributed by atoms with Crippen molar-refractivity contribution in [3.8, 4) is 17.2 Å². The van der Waals surface area contributed by atoms with Crippen LogP contribution < -0.4 is 20.5 Å². The molecule has 1 heterocycles. The lowest BCUT2D eigenvalue weighted by Crippen LogP contribution is -2.48. The quantitative estimate of drug-likeness (QED) is 0.529. The Hall–Kier alpha value is -3.59. The number of nitrogens with two attached hydrogens (primary N) is 1. The smallest absolute Gasteiger partial charge is 0.244 e. The molecular weight excluding hydrogens is 494 g/mol. The summed E-state index contributed by atoms with van der Waals surface area (Å²) < 4.78 is 17.6. The number of para-hydroxylation sites is 2. The average Bonchev–Trinajstić information content (AvgIpc) is 2.91. The number of benzene rings is 3. The number of nitrogens with zero attached hydrogens (tertiary/aromatic N) is 1. The van der Waals surface area contributed by atoms with Gasteiger partial charge in [-0.05, 0) is 48.7 Å². The third-order valence-electron chi connectivity index (χ3n) is 5.83. The molecule has 37 heavy (non-hydrogen) atoms. The Morgan fingerprint density at radius 2 is 1.73 bits per heavy atom. The van der Waals surface area contributed by atoms with E-state index in [1.807, 2.05) is 42.5 Å². The van der Waals surface area contributed by atoms with Crippen LogP contribution in [0.3, 0.4) is 0 Å². The Morgan fingerprint density at radius 1 is 0.973 bits per heavy atom. The van der Waals surface area contributed by atoms with Crippen molar-refractivity contribution < 1.29 is 23.8 Å². The fraction of sp³-hybridized carbons (Fsp3) is 0.286. The molecule has 1 atom stereocenters. The predicted octanol–water partition coefficient (Wildman–Crippen LogP) is 4.27. The Labute approximate surface area is 221 Å². The topological polar surface area (TPSA) is 103 Å². The maximum Gasteiger partial charge on any atom is 0.244 e. The first-order chi connectivity index (χ1) is 18.0. The minimum atomic E-state index is -0.752. The van der Waals surface area contributed by atoms with Gasteiger partial charge in [-0.15, -0.1) is 0 Å². The normalized spacial score (nSPS) is 15.5. The fourth-order valence-corrected chi connectivity index (χ4v) is 4.08. The molecule has 0 aromatic heterocycles. The van der Waals surface area contributed by atoms with Gasteiger partial charge in [0.1, 0.15) is 6.61 Å². The number of hydrogen-bond donors (Lipinski definition) is 2. The standard InChI is InChI=1S/C28H30ClN3O5/c29-21-11-13-24-23(18-21)31-27(33)19-32(28(34)22(30)12-10-20-6-2-1-3-7-20)14-15-35-16-17-36-25-8-4-5-9-26(25)37-24/h1-9,11,13,18,22H,10,12,14-17,19,30H2,(H,31,33)/t22-/m0/s1. The van der Waals surface area contributed by atoms with Gasteiger partial charge in [0.2, 0.25) is 11.8 Å². The number of carbonyl (C=O) groups is 2. The van der Waals surface area contributed by atoms with Crippen molar-refractivity contribution in [3.63, 3.8) is 0 Å². The van der Waals surface area contributed by atoms with Crippen molar-refractivity contribution in [2.45, 2.75) is 18.9 Å². The van der Waals surface area contributed by atoms with Gasteiger partial charge in [-0.3, -0.25) is 9.59 Å². The number of amides is 2. The lowest BCUT2D eigenvalue weighted by molar-refractivity contribution is -0.136. The highest BCUT2D eigenvalue weighted by atomic mass is 35.5. The molecule has 0 saturated carbocycles. The van der Waals surface area contributed by atoms with E-state index in [1.165, 1.54) is 4.90 Å². The third kappa shape index (κ3) is 7.69. The van der Waals surface area contributed by atoms with E-state index in [-0.39, 0.29) is 32.2 Å². The van der Waals surface area contributed by atoms with E-state index in [0.29, 0.717) is 47.4 Å². The zero-order chi connectivity index (χ0) is 26.0. The molecule has 3 aromatic carbocycles. The summed E-state index contributed by atoms with van der Waals surface area (Å²) in [4.78, 5) is 27.7. The van der Waals surface area contributed by atoms with Crippen molar-refractivity contribution in [1.82, 2.24) is 4.90 Å². The molecule has 3 aromatic rings. The van der Waals surface area contributed by atoms with Crippen LogP contribution in [-0.4, -0.2) is 55.7 Å². The Balaban J connectivity index is 1.51. The second kappa shape index (κ2) is 13.1. The van der Waals surface area contributed by atoms with Crippen molar-refractivity contribution >= 4 is 29.1 Å². The second-order valence-electron chi connectivity index (χ2n) is 8.59. The highest BCUT2D eigenvalue weighted by molar-refractivity contribution is 6.31. The van der Waals surface area contributed by atoms with Gasteiger partial charge in [-0.25, -0.2) is 0 Å². The number of nitrogens with one attached hydrogen (secondary N) is 1. The summed E-state index contributed by atoms with van der Waals surface area (Å²) in [5.41, 5.74) is 7.72. The van der Waals surface area contributed by atoms with Crippen LogP contribution in [0.2, 0.25) is 5.02 Å². The molecule has 4 rings (SSSR count). The van der Waals surface area contributed by atoms with Crippen LogP contribution >= 0.6 is 11.6 Å². The zero-order valence-electron chi connectivity index (χ0n) is 20.4. The van der Waals surface area contributed by atoms with Crippen LogP contribution in [0.25, 0.3) is 0 Å². The predicted molar refractivity (Wildman–Crippen MR) is 142 cm³/mol. The maximum atomic E-state index is 13.2. The van der Waals surface area contributed by atoms with Gasteiger partial charge >= 0.3 is 0 Å². The van der Waals surface area contributed by atoms with Gasteiger partial charge in [0.25, 0.3) is 0 Å². The van der Waals surface area contributed by atoms with Gasteiger partial charge in [0.15, 0.2) is 17.2 Å². The minimum absolute atomic E-state index is 0.194. The number of halogens is 1. The summed E-state index contributed by atoms with van der Waals surface area (Å²) in [6.45, 7) is 0.833. The highest BCUT2D eigenvalue weighted by Gasteiger charge is 2.24. The molecule has 0 bridgehead atoms. The van der Waals surface area contributed by atoms with Crippen LogP contribution in [0.5, 0.6) is 17.2 Å². The molecule has 194 valence electrons. The molecule has 1 aliphatic heterocycles. The van der Waals surface area contributed by atoms with Crippen LogP contribution in [0, 0.1) is 0 Å². The van der Waals surface area contributed by atoms with E-state index in [1.54, 1.807) is 30.3 Å². The van der Waals surface area contributed by atoms with Gasteiger partial charge in [-0.1, -0.05) is 54.1 Å². The molecule has 0 saturated heterocycles. The first-order valence-electron chi connectivity index (χ1n) is 12.1. The van der Waals surface area contributed by atoms with Crippen molar-refractivity contribution in [3.05, 3.63) is 83.4 Å². The second-order valence-corrected chi connectivity index (χ2v) is 9.03. The van der Waals surface area contributed by atoms with E-state index in [2.05, 4.69) is 5.32 Å². The van der Waals surface area contributed by atoms with Crippen LogP contribution in [0.1, 0.15) is 12.0 Å². The van der Waals surface area contributed by atoms with Crippen molar-refractivity contribution in [2.75, 3.05) is 38.2 Å². The fourth-order valence-electron chi connectivity index (χ4n) is 3.90. The first kappa shape index (κ1) is 26.5.